The Morgan fingerprint density at radius 3 is 2.82 bits per heavy atom. The molecule has 1 amide bonds. The summed E-state index contributed by atoms with van der Waals surface area (Å²) in [5.74, 6) is 0.319. The van der Waals surface area contributed by atoms with Crippen molar-refractivity contribution in [1.29, 1.82) is 0 Å². The maximum absolute atomic E-state index is 11.8. The van der Waals surface area contributed by atoms with Gasteiger partial charge in [0.25, 0.3) is 0 Å². The van der Waals surface area contributed by atoms with Crippen LogP contribution in [0.1, 0.15) is 12.1 Å². The van der Waals surface area contributed by atoms with Gasteiger partial charge in [0.1, 0.15) is 0 Å². The van der Waals surface area contributed by atoms with E-state index in [4.69, 9.17) is 6.42 Å². The van der Waals surface area contributed by atoms with E-state index in [1.165, 1.54) is 10.9 Å². The highest BCUT2D eigenvalue weighted by molar-refractivity contribution is 5.81. The van der Waals surface area contributed by atoms with Crippen molar-refractivity contribution in [3.05, 3.63) is 11.9 Å². The molecule has 0 radical (unpaired) electrons. The van der Waals surface area contributed by atoms with Crippen LogP contribution in [-0.2, 0) is 11.3 Å². The van der Waals surface area contributed by atoms with E-state index in [2.05, 4.69) is 16.2 Å². The predicted octanol–water partition coefficient (Wildman–Crippen LogP) is 0.328. The first-order chi connectivity index (χ1) is 7.93. The smallest absolute Gasteiger partial charge is 0.348 e. The van der Waals surface area contributed by atoms with Gasteiger partial charge in [-0.2, -0.15) is 13.2 Å². The highest BCUT2D eigenvalue weighted by Gasteiger charge is 2.38. The number of aryl methyl sites for hydroxylation is 1. The Morgan fingerprint density at radius 2 is 2.29 bits per heavy atom. The summed E-state index contributed by atoms with van der Waals surface area (Å²) in [5, 5.41) is 8.99. The van der Waals surface area contributed by atoms with Gasteiger partial charge in [-0.15, -0.1) is 11.5 Å². The number of halogens is 3. The molecule has 1 aromatic heterocycles. The molecule has 1 aromatic rings. The van der Waals surface area contributed by atoms with Crippen molar-refractivity contribution in [2.24, 2.45) is 0 Å². The number of terminal acetylenes is 1. The van der Waals surface area contributed by atoms with Crippen molar-refractivity contribution >= 4 is 5.91 Å². The fourth-order valence-corrected chi connectivity index (χ4v) is 1.02. The van der Waals surface area contributed by atoms with Gasteiger partial charge in [-0.1, -0.05) is 5.21 Å². The Balaban J connectivity index is 2.25. The lowest BCUT2D eigenvalue weighted by molar-refractivity contribution is -0.173. The molecule has 92 valence electrons. The van der Waals surface area contributed by atoms with E-state index in [-0.39, 0.29) is 6.54 Å². The Bertz CT molecular complexity index is 432. The number of aromatic nitrogens is 3. The average Bonchev–Trinajstić information content (AvgIpc) is 2.70. The van der Waals surface area contributed by atoms with Gasteiger partial charge in [-0.3, -0.25) is 9.48 Å². The van der Waals surface area contributed by atoms with Crippen LogP contribution in [0.15, 0.2) is 6.20 Å². The zero-order valence-electron chi connectivity index (χ0n) is 8.66. The Hall–Kier alpha value is -2.04. The van der Waals surface area contributed by atoms with Gasteiger partial charge in [0.05, 0.1) is 6.20 Å². The summed E-state index contributed by atoms with van der Waals surface area (Å²) in [6.07, 6.45) is 2.01. The van der Waals surface area contributed by atoms with Gasteiger partial charge in [0.2, 0.25) is 0 Å². The summed E-state index contributed by atoms with van der Waals surface area (Å²) >= 11 is 0. The first kappa shape index (κ1) is 13.0. The fraction of sp³-hybridized carbons (Fsp3) is 0.444. The van der Waals surface area contributed by atoms with Crippen LogP contribution < -0.4 is 5.32 Å². The van der Waals surface area contributed by atoms with Gasteiger partial charge in [0, 0.05) is 13.1 Å². The van der Waals surface area contributed by atoms with Crippen LogP contribution in [0.2, 0.25) is 0 Å². The minimum Gasteiger partial charge on any atom is -0.348 e. The van der Waals surface area contributed by atoms with Gasteiger partial charge in [-0.05, 0) is 12.3 Å². The summed E-state index contributed by atoms with van der Waals surface area (Å²) in [7, 11) is 0. The second kappa shape index (κ2) is 5.34. The van der Waals surface area contributed by atoms with E-state index >= 15 is 0 Å². The predicted molar refractivity (Wildman–Crippen MR) is 51.6 cm³/mol. The standard InChI is InChI=1S/C9H9F3N4O/c1-2-7-6-16(15-14-7)5-3-4-13-8(17)9(10,11)12/h1,6H,3-5H2,(H,13,17). The molecule has 0 aliphatic rings. The van der Waals surface area contributed by atoms with Crippen LogP contribution in [0.5, 0.6) is 0 Å². The number of amides is 1. The van der Waals surface area contributed by atoms with E-state index in [0.717, 1.165) is 0 Å². The number of rotatable bonds is 4. The van der Waals surface area contributed by atoms with Crippen molar-refractivity contribution in [2.75, 3.05) is 6.54 Å². The van der Waals surface area contributed by atoms with Gasteiger partial charge in [-0.25, -0.2) is 0 Å². The number of alkyl halides is 3. The quantitative estimate of drug-likeness (QED) is 0.615. The summed E-state index contributed by atoms with van der Waals surface area (Å²) in [5.41, 5.74) is 0.351. The molecule has 0 aromatic carbocycles. The van der Waals surface area contributed by atoms with Crippen molar-refractivity contribution in [2.45, 2.75) is 19.1 Å². The molecular formula is C9H9F3N4O. The van der Waals surface area contributed by atoms with Crippen LogP contribution in [-0.4, -0.2) is 33.6 Å². The molecule has 17 heavy (non-hydrogen) atoms. The molecule has 0 saturated heterocycles. The first-order valence-corrected chi connectivity index (χ1v) is 4.65. The molecule has 5 nitrogen and oxygen atoms in total. The molecule has 0 atom stereocenters. The SMILES string of the molecule is C#Cc1cn(CCCNC(=O)C(F)(F)F)nn1. The summed E-state index contributed by atoms with van der Waals surface area (Å²) in [6.45, 7) is 0.233. The van der Waals surface area contributed by atoms with Crippen molar-refractivity contribution < 1.29 is 18.0 Å². The lowest BCUT2D eigenvalue weighted by Crippen LogP contribution is -2.37. The molecule has 8 heteroatoms. The van der Waals surface area contributed by atoms with Gasteiger partial charge in [0.15, 0.2) is 5.69 Å². The molecular weight excluding hydrogens is 237 g/mol. The lowest BCUT2D eigenvalue weighted by atomic mass is 10.4. The Kier molecular flexibility index (Phi) is 4.09. The average molecular weight is 246 g/mol. The highest BCUT2D eigenvalue weighted by atomic mass is 19.4. The van der Waals surface area contributed by atoms with Crippen molar-refractivity contribution in [3.8, 4) is 12.3 Å². The topological polar surface area (TPSA) is 59.8 Å². The van der Waals surface area contributed by atoms with Crippen LogP contribution in [0.4, 0.5) is 13.2 Å². The third kappa shape index (κ3) is 4.14. The minimum absolute atomic E-state index is 0.0937. The maximum atomic E-state index is 11.8. The lowest BCUT2D eigenvalue weighted by Gasteiger charge is -2.07. The van der Waals surface area contributed by atoms with Crippen LogP contribution in [0.25, 0.3) is 0 Å². The minimum atomic E-state index is -4.84. The zero-order valence-corrected chi connectivity index (χ0v) is 8.66. The molecule has 0 unspecified atom stereocenters. The van der Waals surface area contributed by atoms with Crippen LogP contribution in [0.3, 0.4) is 0 Å². The van der Waals surface area contributed by atoms with E-state index < -0.39 is 12.1 Å². The van der Waals surface area contributed by atoms with Crippen LogP contribution >= 0.6 is 0 Å². The molecule has 0 spiro atoms. The molecule has 0 bridgehead atoms. The normalized spacial score (nSPS) is 10.9. The van der Waals surface area contributed by atoms with Crippen LogP contribution in [0, 0.1) is 12.3 Å². The highest BCUT2D eigenvalue weighted by Crippen LogP contribution is 2.13. The number of carbonyl (C=O) groups is 1. The zero-order chi connectivity index (χ0) is 12.9. The van der Waals surface area contributed by atoms with Gasteiger partial charge < -0.3 is 5.32 Å². The molecule has 1 rings (SSSR count). The first-order valence-electron chi connectivity index (χ1n) is 4.65. The number of nitrogens with one attached hydrogen (secondary N) is 1. The third-order valence-corrected chi connectivity index (χ3v) is 1.79. The Labute approximate surface area is 95.0 Å². The molecule has 1 N–H and O–H groups in total. The number of hydrogen-bond donors (Lipinski definition) is 1. The molecule has 0 fully saturated rings. The van der Waals surface area contributed by atoms with E-state index in [0.29, 0.717) is 18.7 Å². The van der Waals surface area contributed by atoms with Crippen molar-refractivity contribution in [1.82, 2.24) is 20.3 Å². The number of hydrogen-bond acceptors (Lipinski definition) is 3. The fourth-order valence-electron chi connectivity index (χ4n) is 1.02. The maximum Gasteiger partial charge on any atom is 0.471 e. The van der Waals surface area contributed by atoms with E-state index in [1.807, 2.05) is 0 Å². The number of nitrogens with zero attached hydrogens (tertiary/aromatic N) is 3. The summed E-state index contributed by atoms with van der Waals surface area (Å²) < 4.78 is 36.8. The largest absolute Gasteiger partial charge is 0.471 e. The molecule has 1 heterocycles. The monoisotopic (exact) mass is 246 g/mol. The second-order valence-electron chi connectivity index (χ2n) is 3.12. The Morgan fingerprint density at radius 1 is 1.59 bits per heavy atom. The summed E-state index contributed by atoms with van der Waals surface area (Å²) in [6, 6.07) is 0. The van der Waals surface area contributed by atoms with Gasteiger partial charge >= 0.3 is 12.1 Å². The molecule has 0 aliphatic carbocycles. The number of carbonyl (C=O) groups excluding carboxylic acids is 1. The summed E-state index contributed by atoms with van der Waals surface area (Å²) in [4.78, 5) is 10.4. The van der Waals surface area contributed by atoms with Crippen molar-refractivity contribution in [3.63, 3.8) is 0 Å². The molecule has 0 aliphatic heterocycles. The van der Waals surface area contributed by atoms with E-state index in [9.17, 15) is 18.0 Å². The van der Waals surface area contributed by atoms with E-state index in [1.54, 1.807) is 5.32 Å². The third-order valence-electron chi connectivity index (χ3n) is 1.79. The second-order valence-corrected chi connectivity index (χ2v) is 3.12. The molecule has 0 saturated carbocycles.